The van der Waals surface area contributed by atoms with E-state index in [-0.39, 0.29) is 15.6 Å². The van der Waals surface area contributed by atoms with E-state index in [0.717, 1.165) is 0 Å². The third-order valence-electron chi connectivity index (χ3n) is 2.55. The number of rotatable bonds is 2. The molecule has 0 saturated heterocycles. The number of benzene rings is 2. The van der Waals surface area contributed by atoms with Gasteiger partial charge in [-0.25, -0.2) is 9.18 Å². The molecule has 0 heterocycles. The van der Waals surface area contributed by atoms with Gasteiger partial charge >= 0.3 is 5.97 Å². The molecule has 0 aliphatic heterocycles. The zero-order chi connectivity index (χ0) is 14.2. The Hall–Kier alpha value is -1.78. The van der Waals surface area contributed by atoms with Crippen molar-refractivity contribution in [1.82, 2.24) is 0 Å². The van der Waals surface area contributed by atoms with Gasteiger partial charge in [-0.1, -0.05) is 29.3 Å². The summed E-state index contributed by atoms with van der Waals surface area (Å²) in [6.07, 6.45) is 0. The lowest BCUT2D eigenvalue weighted by Gasteiger charge is -2.08. The number of aromatic carboxylic acids is 1. The molecule has 0 spiro atoms. The number of aromatic hydroxyl groups is 1. The van der Waals surface area contributed by atoms with E-state index in [4.69, 9.17) is 28.3 Å². The largest absolute Gasteiger partial charge is 0.505 e. The van der Waals surface area contributed by atoms with Gasteiger partial charge in [-0.05, 0) is 35.4 Å². The minimum atomic E-state index is -1.31. The first-order valence-electron chi connectivity index (χ1n) is 5.11. The molecule has 0 aliphatic rings. The van der Waals surface area contributed by atoms with Crippen LogP contribution in [-0.2, 0) is 0 Å². The summed E-state index contributed by atoms with van der Waals surface area (Å²) in [5.74, 6) is -2.39. The van der Waals surface area contributed by atoms with E-state index in [1.807, 2.05) is 0 Å². The molecule has 3 nitrogen and oxygen atoms in total. The van der Waals surface area contributed by atoms with E-state index in [0.29, 0.717) is 11.1 Å². The van der Waals surface area contributed by atoms with Crippen LogP contribution < -0.4 is 0 Å². The number of carboxylic acid groups (broad SMARTS) is 1. The van der Waals surface area contributed by atoms with Crippen LogP contribution in [0.15, 0.2) is 30.3 Å². The average Bonchev–Trinajstić information content (AvgIpc) is 2.35. The summed E-state index contributed by atoms with van der Waals surface area (Å²) in [6, 6.07) is 6.58. The Morgan fingerprint density at radius 3 is 2.26 bits per heavy atom. The van der Waals surface area contributed by atoms with E-state index in [1.165, 1.54) is 30.3 Å². The van der Waals surface area contributed by atoms with Gasteiger partial charge in [0.2, 0.25) is 0 Å². The molecule has 2 rings (SSSR count). The summed E-state index contributed by atoms with van der Waals surface area (Å²) in [7, 11) is 0. The minimum Gasteiger partial charge on any atom is -0.505 e. The van der Waals surface area contributed by atoms with Crippen molar-refractivity contribution in [1.29, 1.82) is 0 Å². The van der Waals surface area contributed by atoms with E-state index < -0.39 is 17.5 Å². The lowest BCUT2D eigenvalue weighted by molar-refractivity contribution is 0.0694. The van der Waals surface area contributed by atoms with Crippen molar-refractivity contribution in [2.75, 3.05) is 0 Å². The molecule has 2 aromatic carbocycles. The van der Waals surface area contributed by atoms with Crippen molar-refractivity contribution < 1.29 is 19.4 Å². The second kappa shape index (κ2) is 5.07. The highest BCUT2D eigenvalue weighted by atomic mass is 35.5. The predicted octanol–water partition coefficient (Wildman–Crippen LogP) is 4.20. The summed E-state index contributed by atoms with van der Waals surface area (Å²) in [6.45, 7) is 0. The van der Waals surface area contributed by atoms with Crippen LogP contribution in [0.1, 0.15) is 10.4 Å². The summed E-state index contributed by atoms with van der Waals surface area (Å²) in [5, 5.41) is 18.3. The Bertz CT molecular complexity index is 671. The topological polar surface area (TPSA) is 57.5 Å². The quantitative estimate of drug-likeness (QED) is 0.874. The fourth-order valence-electron chi connectivity index (χ4n) is 1.60. The molecule has 0 aliphatic carbocycles. The fraction of sp³-hybridized carbons (Fsp3) is 0. The van der Waals surface area contributed by atoms with Crippen molar-refractivity contribution in [3.63, 3.8) is 0 Å². The molecule has 0 atom stereocenters. The third kappa shape index (κ3) is 2.64. The maximum Gasteiger partial charge on any atom is 0.339 e. The Morgan fingerprint density at radius 2 is 1.68 bits per heavy atom. The molecule has 0 bridgehead atoms. The van der Waals surface area contributed by atoms with Crippen LogP contribution in [0.4, 0.5) is 4.39 Å². The fourth-order valence-corrected chi connectivity index (χ4v) is 2.00. The number of phenols is 1. The maximum absolute atomic E-state index is 13.1. The minimum absolute atomic E-state index is 0.0847. The van der Waals surface area contributed by atoms with Gasteiger partial charge in [-0.2, -0.15) is 0 Å². The van der Waals surface area contributed by atoms with Gasteiger partial charge < -0.3 is 10.2 Å². The zero-order valence-corrected chi connectivity index (χ0v) is 10.8. The van der Waals surface area contributed by atoms with Crippen LogP contribution in [0.5, 0.6) is 5.75 Å². The number of hydrogen-bond acceptors (Lipinski definition) is 2. The van der Waals surface area contributed by atoms with Crippen molar-refractivity contribution in [2.24, 2.45) is 0 Å². The van der Waals surface area contributed by atoms with Crippen molar-refractivity contribution >= 4 is 29.2 Å². The predicted molar refractivity (Wildman–Crippen MR) is 70.5 cm³/mol. The third-order valence-corrected chi connectivity index (χ3v) is 3.12. The Kier molecular flexibility index (Phi) is 3.64. The molecule has 0 aromatic heterocycles. The first-order chi connectivity index (χ1) is 8.90. The van der Waals surface area contributed by atoms with Crippen molar-refractivity contribution in [3.8, 4) is 16.9 Å². The molecular formula is C13H7Cl2FO3. The number of hydrogen-bond donors (Lipinski definition) is 2. The van der Waals surface area contributed by atoms with Crippen LogP contribution in [0.25, 0.3) is 11.1 Å². The highest BCUT2D eigenvalue weighted by Crippen LogP contribution is 2.34. The number of carbonyl (C=O) groups is 1. The number of carboxylic acids is 1. The van der Waals surface area contributed by atoms with Crippen molar-refractivity contribution in [2.45, 2.75) is 0 Å². The van der Waals surface area contributed by atoms with Gasteiger partial charge in [0, 0.05) is 0 Å². The summed E-state index contributed by atoms with van der Waals surface area (Å²) >= 11 is 11.4. The van der Waals surface area contributed by atoms with Crippen LogP contribution in [0, 0.1) is 5.82 Å². The van der Waals surface area contributed by atoms with Gasteiger partial charge in [0.05, 0.1) is 10.0 Å². The highest BCUT2D eigenvalue weighted by Gasteiger charge is 2.15. The van der Waals surface area contributed by atoms with E-state index in [1.54, 1.807) is 0 Å². The van der Waals surface area contributed by atoms with Gasteiger partial charge in [-0.3, -0.25) is 0 Å². The molecule has 0 saturated carbocycles. The van der Waals surface area contributed by atoms with Crippen molar-refractivity contribution in [3.05, 3.63) is 51.8 Å². The average molecular weight is 301 g/mol. The second-order valence-electron chi connectivity index (χ2n) is 3.79. The van der Waals surface area contributed by atoms with E-state index >= 15 is 0 Å². The molecule has 0 amide bonds. The Balaban J connectivity index is 2.62. The lowest BCUT2D eigenvalue weighted by Crippen LogP contribution is -1.98. The molecule has 2 aromatic rings. The SMILES string of the molecule is O=C(O)c1cc(-c2ccc(F)c(Cl)c2)cc(Cl)c1O. The molecule has 19 heavy (non-hydrogen) atoms. The van der Waals surface area contributed by atoms with E-state index in [9.17, 15) is 14.3 Å². The Morgan fingerprint density at radius 1 is 1.05 bits per heavy atom. The van der Waals surface area contributed by atoms with Crippen LogP contribution in [0.3, 0.4) is 0 Å². The maximum atomic E-state index is 13.1. The van der Waals surface area contributed by atoms with Gasteiger partial charge in [0.1, 0.15) is 17.1 Å². The van der Waals surface area contributed by atoms with E-state index in [2.05, 4.69) is 0 Å². The van der Waals surface area contributed by atoms with Crippen LogP contribution in [0.2, 0.25) is 10.0 Å². The molecular weight excluding hydrogens is 294 g/mol. The normalized spacial score (nSPS) is 10.5. The first-order valence-corrected chi connectivity index (χ1v) is 5.87. The zero-order valence-electron chi connectivity index (χ0n) is 9.32. The van der Waals surface area contributed by atoms with Gasteiger partial charge in [0.15, 0.2) is 0 Å². The molecule has 0 unspecified atom stereocenters. The standard InChI is InChI=1S/C13H7Cl2FO3/c14-9-4-6(1-2-11(9)16)7-3-8(13(18)19)12(17)10(15)5-7/h1-5,17H,(H,18,19). The van der Waals surface area contributed by atoms with Crippen LogP contribution >= 0.6 is 23.2 Å². The summed E-state index contributed by atoms with van der Waals surface area (Å²) in [4.78, 5) is 11.0. The highest BCUT2D eigenvalue weighted by molar-refractivity contribution is 6.33. The second-order valence-corrected chi connectivity index (χ2v) is 4.60. The lowest BCUT2D eigenvalue weighted by atomic mass is 10.0. The number of halogens is 3. The van der Waals surface area contributed by atoms with Gasteiger partial charge in [-0.15, -0.1) is 0 Å². The first kappa shape index (κ1) is 13.6. The Labute approximate surface area is 117 Å². The summed E-state index contributed by atoms with van der Waals surface area (Å²) < 4.78 is 13.1. The monoisotopic (exact) mass is 300 g/mol. The molecule has 98 valence electrons. The van der Waals surface area contributed by atoms with Gasteiger partial charge in [0.25, 0.3) is 0 Å². The molecule has 0 fully saturated rings. The molecule has 6 heteroatoms. The molecule has 0 radical (unpaired) electrons. The van der Waals surface area contributed by atoms with Crippen LogP contribution in [-0.4, -0.2) is 16.2 Å². The summed E-state index contributed by atoms with van der Waals surface area (Å²) in [5.41, 5.74) is 0.584. The smallest absolute Gasteiger partial charge is 0.339 e. The molecule has 2 N–H and O–H groups in total.